The first kappa shape index (κ1) is 15.6. The third-order valence-corrected chi connectivity index (χ3v) is 4.27. The number of nitrogen functional groups attached to an aromatic ring is 1. The van der Waals surface area contributed by atoms with E-state index in [1.807, 2.05) is 12.4 Å². The van der Waals surface area contributed by atoms with Crippen molar-refractivity contribution < 1.29 is 4.79 Å². The Hall–Kier alpha value is -2.31. The number of carbonyl (C=O) groups is 1. The number of imidazole rings is 1. The molecule has 2 aromatic heterocycles. The maximum Gasteiger partial charge on any atom is 0.241 e. The van der Waals surface area contributed by atoms with E-state index < -0.39 is 0 Å². The molecule has 1 amide bonds. The van der Waals surface area contributed by atoms with E-state index in [1.54, 1.807) is 10.9 Å². The summed E-state index contributed by atoms with van der Waals surface area (Å²) in [4.78, 5) is 19.0. The molecular formula is C16H24N6O. The fourth-order valence-corrected chi connectivity index (χ4v) is 3.10. The van der Waals surface area contributed by atoms with Crippen molar-refractivity contribution in [3.63, 3.8) is 0 Å². The number of hydrogen-bond donors (Lipinski definition) is 3. The lowest BCUT2D eigenvalue weighted by Crippen LogP contribution is -2.35. The smallest absolute Gasteiger partial charge is 0.241 e. The van der Waals surface area contributed by atoms with Crippen LogP contribution in [0.1, 0.15) is 43.4 Å². The molecule has 3 rings (SSSR count). The Kier molecular flexibility index (Phi) is 4.95. The average molecular weight is 316 g/mol. The van der Waals surface area contributed by atoms with Crippen molar-refractivity contribution >= 4 is 11.9 Å². The molecule has 0 aliphatic heterocycles. The summed E-state index contributed by atoms with van der Waals surface area (Å²) >= 11 is 0. The second-order valence-electron chi connectivity index (χ2n) is 6.24. The number of rotatable bonds is 7. The first-order valence-electron chi connectivity index (χ1n) is 8.29. The van der Waals surface area contributed by atoms with Gasteiger partial charge in [0.15, 0.2) is 5.95 Å². The van der Waals surface area contributed by atoms with Crippen LogP contribution in [0.5, 0.6) is 0 Å². The van der Waals surface area contributed by atoms with E-state index in [-0.39, 0.29) is 5.91 Å². The molecule has 0 spiro atoms. The topological polar surface area (TPSA) is 102 Å². The number of anilines is 1. The van der Waals surface area contributed by atoms with E-state index in [9.17, 15) is 4.79 Å². The van der Waals surface area contributed by atoms with E-state index >= 15 is 0 Å². The average Bonchev–Trinajstić information content (AvgIpc) is 3.23. The highest BCUT2D eigenvalue weighted by atomic mass is 16.2. The molecule has 124 valence electrons. The van der Waals surface area contributed by atoms with Gasteiger partial charge in [0.25, 0.3) is 0 Å². The fourth-order valence-electron chi connectivity index (χ4n) is 3.10. The van der Waals surface area contributed by atoms with Crippen molar-refractivity contribution in [1.29, 1.82) is 0 Å². The lowest BCUT2D eigenvalue weighted by atomic mass is 10.1. The van der Waals surface area contributed by atoms with Crippen LogP contribution in [0.3, 0.4) is 0 Å². The summed E-state index contributed by atoms with van der Waals surface area (Å²) in [5.74, 6) is 0.514. The van der Waals surface area contributed by atoms with E-state index in [0.717, 1.165) is 43.4 Å². The zero-order valence-corrected chi connectivity index (χ0v) is 13.3. The van der Waals surface area contributed by atoms with E-state index in [0.29, 0.717) is 18.5 Å². The quantitative estimate of drug-likeness (QED) is 0.719. The van der Waals surface area contributed by atoms with Crippen LogP contribution in [0, 0.1) is 0 Å². The molecule has 4 N–H and O–H groups in total. The second-order valence-corrected chi connectivity index (χ2v) is 6.24. The molecule has 0 bridgehead atoms. The highest BCUT2D eigenvalue weighted by Crippen LogP contribution is 2.17. The molecule has 0 saturated heterocycles. The monoisotopic (exact) mass is 316 g/mol. The number of aryl methyl sites for hydroxylation is 2. The standard InChI is InChI=1S/C16H24N6O/c17-16-18-9-14(21-16)7-3-4-12-8-19-22(10-12)11-15(23)20-13-5-1-2-6-13/h8-10,13H,1-7,11H2,(H,20,23)(H3,17,18,21). The molecule has 1 fully saturated rings. The number of aromatic nitrogens is 4. The number of hydrogen-bond acceptors (Lipinski definition) is 4. The first-order chi connectivity index (χ1) is 11.2. The second kappa shape index (κ2) is 7.30. The minimum Gasteiger partial charge on any atom is -0.369 e. The molecule has 2 aromatic rings. The van der Waals surface area contributed by atoms with Crippen LogP contribution in [-0.4, -0.2) is 31.7 Å². The van der Waals surface area contributed by atoms with Gasteiger partial charge >= 0.3 is 0 Å². The highest BCUT2D eigenvalue weighted by Gasteiger charge is 2.17. The zero-order chi connectivity index (χ0) is 16.1. The minimum atomic E-state index is 0.0551. The summed E-state index contributed by atoms with van der Waals surface area (Å²) in [6, 6.07) is 0.361. The number of H-pyrrole nitrogens is 1. The minimum absolute atomic E-state index is 0.0551. The summed E-state index contributed by atoms with van der Waals surface area (Å²) in [5.41, 5.74) is 7.74. The fraction of sp³-hybridized carbons (Fsp3) is 0.562. The van der Waals surface area contributed by atoms with Crippen LogP contribution < -0.4 is 11.1 Å². The Morgan fingerprint density at radius 2 is 2.17 bits per heavy atom. The lowest BCUT2D eigenvalue weighted by Gasteiger charge is -2.11. The number of nitrogens with one attached hydrogen (secondary N) is 2. The van der Waals surface area contributed by atoms with Gasteiger partial charge in [-0.15, -0.1) is 0 Å². The van der Waals surface area contributed by atoms with E-state index in [2.05, 4.69) is 20.4 Å². The Morgan fingerprint density at radius 3 is 2.91 bits per heavy atom. The van der Waals surface area contributed by atoms with Crippen LogP contribution in [0.15, 0.2) is 18.6 Å². The molecule has 7 heteroatoms. The van der Waals surface area contributed by atoms with E-state index in [4.69, 9.17) is 5.73 Å². The molecule has 0 atom stereocenters. The number of nitrogens with two attached hydrogens (primary N) is 1. The molecule has 0 aromatic carbocycles. The maximum absolute atomic E-state index is 12.0. The Morgan fingerprint density at radius 1 is 1.35 bits per heavy atom. The van der Waals surface area contributed by atoms with Gasteiger partial charge in [0.2, 0.25) is 5.91 Å². The number of amides is 1. The molecule has 23 heavy (non-hydrogen) atoms. The molecule has 0 unspecified atom stereocenters. The van der Waals surface area contributed by atoms with Crippen LogP contribution in [-0.2, 0) is 24.2 Å². The van der Waals surface area contributed by atoms with Gasteiger partial charge in [-0.3, -0.25) is 9.48 Å². The Balaban J connectivity index is 1.41. The molecule has 2 heterocycles. The predicted molar refractivity (Wildman–Crippen MR) is 87.7 cm³/mol. The third-order valence-electron chi connectivity index (χ3n) is 4.27. The number of carbonyl (C=O) groups excluding carboxylic acids is 1. The maximum atomic E-state index is 12.0. The van der Waals surface area contributed by atoms with Gasteiger partial charge in [-0.1, -0.05) is 12.8 Å². The molecule has 1 aliphatic rings. The van der Waals surface area contributed by atoms with E-state index in [1.165, 1.54) is 12.8 Å². The normalized spacial score (nSPS) is 15.1. The molecule has 7 nitrogen and oxygen atoms in total. The van der Waals surface area contributed by atoms with Crippen LogP contribution in [0.4, 0.5) is 5.95 Å². The lowest BCUT2D eigenvalue weighted by molar-refractivity contribution is -0.122. The first-order valence-corrected chi connectivity index (χ1v) is 8.29. The summed E-state index contributed by atoms with van der Waals surface area (Å²) in [6.45, 7) is 0.299. The summed E-state index contributed by atoms with van der Waals surface area (Å²) in [6.07, 6.45) is 13.0. The zero-order valence-electron chi connectivity index (χ0n) is 13.3. The van der Waals surface area contributed by atoms with Crippen molar-refractivity contribution in [2.45, 2.75) is 57.5 Å². The van der Waals surface area contributed by atoms with Crippen molar-refractivity contribution in [3.8, 4) is 0 Å². The Bertz CT molecular complexity index is 641. The molecular weight excluding hydrogens is 292 g/mol. The van der Waals surface area contributed by atoms with Crippen LogP contribution >= 0.6 is 0 Å². The van der Waals surface area contributed by atoms with Crippen molar-refractivity contribution in [2.24, 2.45) is 0 Å². The van der Waals surface area contributed by atoms with Gasteiger partial charge in [-0.25, -0.2) is 4.98 Å². The third kappa shape index (κ3) is 4.58. The highest BCUT2D eigenvalue weighted by molar-refractivity contribution is 5.75. The SMILES string of the molecule is Nc1ncc(CCCc2cnn(CC(=O)NC3CCCC3)c2)[nH]1. The van der Waals surface area contributed by atoms with Gasteiger partial charge < -0.3 is 16.0 Å². The summed E-state index contributed by atoms with van der Waals surface area (Å²) < 4.78 is 1.72. The number of nitrogens with zero attached hydrogens (tertiary/aromatic N) is 3. The van der Waals surface area contributed by atoms with Gasteiger partial charge in [-0.2, -0.15) is 5.10 Å². The van der Waals surface area contributed by atoms with Crippen LogP contribution in [0.2, 0.25) is 0 Å². The largest absolute Gasteiger partial charge is 0.369 e. The predicted octanol–water partition coefficient (Wildman–Crippen LogP) is 1.42. The van der Waals surface area contributed by atoms with Crippen molar-refractivity contribution in [3.05, 3.63) is 29.8 Å². The van der Waals surface area contributed by atoms with Crippen molar-refractivity contribution in [1.82, 2.24) is 25.1 Å². The molecule has 1 saturated carbocycles. The van der Waals surface area contributed by atoms with Gasteiger partial charge in [0, 0.05) is 17.9 Å². The number of aromatic amines is 1. The van der Waals surface area contributed by atoms with Crippen LogP contribution in [0.25, 0.3) is 0 Å². The Labute approximate surface area is 135 Å². The molecule has 1 aliphatic carbocycles. The van der Waals surface area contributed by atoms with Gasteiger partial charge in [0.1, 0.15) is 6.54 Å². The summed E-state index contributed by atoms with van der Waals surface area (Å²) in [7, 11) is 0. The molecule has 0 radical (unpaired) electrons. The summed E-state index contributed by atoms with van der Waals surface area (Å²) in [5, 5.41) is 7.36. The van der Waals surface area contributed by atoms with Crippen molar-refractivity contribution in [2.75, 3.05) is 5.73 Å². The van der Waals surface area contributed by atoms with Gasteiger partial charge in [0.05, 0.1) is 12.4 Å². The van der Waals surface area contributed by atoms with Gasteiger partial charge in [-0.05, 0) is 37.7 Å².